The van der Waals surface area contributed by atoms with Gasteiger partial charge in [0.2, 0.25) is 0 Å². The lowest BCUT2D eigenvalue weighted by atomic mass is 9.64. The molecule has 1 atom stereocenters. The summed E-state index contributed by atoms with van der Waals surface area (Å²) in [6, 6.07) is 89.1. The molecule has 0 amide bonds. The molecule has 0 saturated heterocycles. The number of nitrogens with zero attached hydrogens (tertiary/aromatic N) is 3. The van der Waals surface area contributed by atoms with E-state index in [2.05, 4.69) is 217 Å². The summed E-state index contributed by atoms with van der Waals surface area (Å²) in [6.45, 7) is 0. The van der Waals surface area contributed by atoms with Crippen LogP contribution in [0.2, 0.25) is 0 Å². The predicted octanol–water partition coefficient (Wildman–Crippen LogP) is 16.4. The van der Waals surface area contributed by atoms with E-state index in [4.69, 9.17) is 14.7 Å². The van der Waals surface area contributed by atoms with E-state index in [0.29, 0.717) is 5.82 Å². The number of rotatable bonds is 6. The summed E-state index contributed by atoms with van der Waals surface area (Å²) in [6.07, 6.45) is 0. The largest absolute Gasteiger partial charge is 0.457 e. The van der Waals surface area contributed by atoms with Gasteiger partial charge < -0.3 is 9.30 Å². The van der Waals surface area contributed by atoms with E-state index >= 15 is 0 Å². The fraction of sp³-hybridized carbons (Fsp3) is 0.0154. The first-order valence-electron chi connectivity index (χ1n) is 23.6. The van der Waals surface area contributed by atoms with Crippen LogP contribution in [0.25, 0.3) is 94.8 Å². The van der Waals surface area contributed by atoms with E-state index in [1.165, 1.54) is 44.1 Å². The molecule has 0 fully saturated rings. The molecule has 4 nitrogen and oxygen atoms in total. The third kappa shape index (κ3) is 5.95. The zero-order valence-corrected chi connectivity index (χ0v) is 37.4. The minimum absolute atomic E-state index is 0.694. The summed E-state index contributed by atoms with van der Waals surface area (Å²) in [5.74, 6) is 2.42. The first-order valence-corrected chi connectivity index (χ1v) is 23.6. The van der Waals surface area contributed by atoms with Gasteiger partial charge in [0.15, 0.2) is 5.82 Å². The highest BCUT2D eigenvalue weighted by Crippen LogP contribution is 2.65. The smallest absolute Gasteiger partial charge is 0.160 e. The van der Waals surface area contributed by atoms with Crippen molar-refractivity contribution < 1.29 is 4.74 Å². The predicted molar refractivity (Wildman–Crippen MR) is 281 cm³/mol. The topological polar surface area (TPSA) is 39.9 Å². The zero-order valence-electron chi connectivity index (χ0n) is 37.4. The molecule has 69 heavy (non-hydrogen) atoms. The molecule has 2 aromatic heterocycles. The molecule has 0 radical (unpaired) electrons. The van der Waals surface area contributed by atoms with Crippen LogP contribution in [-0.4, -0.2) is 14.5 Å². The van der Waals surface area contributed by atoms with Gasteiger partial charge in [0.1, 0.15) is 11.5 Å². The molecule has 0 saturated carbocycles. The Bertz CT molecular complexity index is 3860. The van der Waals surface area contributed by atoms with Gasteiger partial charge in [0.25, 0.3) is 0 Å². The molecule has 12 aromatic rings. The molecular formula is C65H41N3O. The highest BCUT2D eigenvalue weighted by molar-refractivity contribution is 6.10. The second-order valence-corrected chi connectivity index (χ2v) is 18.0. The van der Waals surface area contributed by atoms with Crippen molar-refractivity contribution in [3.8, 4) is 84.5 Å². The van der Waals surface area contributed by atoms with E-state index in [0.717, 1.165) is 78.6 Å². The van der Waals surface area contributed by atoms with Gasteiger partial charge >= 0.3 is 0 Å². The van der Waals surface area contributed by atoms with Crippen molar-refractivity contribution in [1.82, 2.24) is 14.5 Å². The average molecular weight is 880 g/mol. The second-order valence-electron chi connectivity index (χ2n) is 18.0. The SMILES string of the molecule is c1ccc(-c2cc(-c3ccccc3)nc(-c3ccc(-c4ccc(-c5cccc6c5C5(c7ccccc7O6)c6ccccc6-c6cccc(-n7c8ccccc8c8ccccc87)c65)cc4)cc3)n2)cc1. The minimum atomic E-state index is -0.718. The Morgan fingerprint density at radius 3 is 1.49 bits per heavy atom. The van der Waals surface area contributed by atoms with Gasteiger partial charge in [-0.15, -0.1) is 0 Å². The maximum absolute atomic E-state index is 7.02. The van der Waals surface area contributed by atoms with Gasteiger partial charge in [-0.25, -0.2) is 9.97 Å². The molecule has 1 spiro atoms. The molecule has 2 aliphatic rings. The second kappa shape index (κ2) is 15.5. The van der Waals surface area contributed by atoms with E-state index < -0.39 is 5.41 Å². The summed E-state index contributed by atoms with van der Waals surface area (Å²) in [5, 5.41) is 2.47. The summed E-state index contributed by atoms with van der Waals surface area (Å²) in [4.78, 5) is 10.2. The monoisotopic (exact) mass is 879 g/mol. The third-order valence-electron chi connectivity index (χ3n) is 14.3. The molecule has 1 aliphatic carbocycles. The van der Waals surface area contributed by atoms with Gasteiger partial charge in [-0.1, -0.05) is 212 Å². The molecule has 14 rings (SSSR count). The first-order chi connectivity index (χ1) is 34.2. The molecular weight excluding hydrogens is 839 g/mol. The van der Waals surface area contributed by atoms with Gasteiger partial charge in [-0.2, -0.15) is 0 Å². The normalized spacial score (nSPS) is 14.3. The van der Waals surface area contributed by atoms with E-state index in [1.54, 1.807) is 0 Å². The van der Waals surface area contributed by atoms with Gasteiger partial charge in [-0.3, -0.25) is 0 Å². The van der Waals surface area contributed by atoms with E-state index in [-0.39, 0.29) is 0 Å². The fourth-order valence-electron chi connectivity index (χ4n) is 11.4. The number of para-hydroxylation sites is 3. The molecule has 3 heterocycles. The Hall–Kier alpha value is -9.12. The molecule has 4 heteroatoms. The standard InChI is InChI=1S/C65H41N3O/c1-3-17-45(18-4-1)55-41-56(46-19-5-2-6-20-46)67-64(66-55)47-39-35-43(36-40-47)42-33-37-44(38-34-42)48-24-16-32-61-63(48)65(54-27-11-14-31-60(54)69-61)53-26-10-7-21-49(53)52-25-15-30-59(62(52)65)68-57-28-12-8-22-50(57)51-23-9-13-29-58(51)68/h1-41H. The van der Waals surface area contributed by atoms with Crippen LogP contribution in [0, 0.1) is 0 Å². The van der Waals surface area contributed by atoms with Crippen LogP contribution in [-0.2, 0) is 5.41 Å². The zero-order chi connectivity index (χ0) is 45.5. The van der Waals surface area contributed by atoms with Gasteiger partial charge in [0.05, 0.1) is 33.5 Å². The lowest BCUT2D eigenvalue weighted by Gasteiger charge is -2.41. The minimum Gasteiger partial charge on any atom is -0.457 e. The summed E-state index contributed by atoms with van der Waals surface area (Å²) < 4.78 is 9.51. The number of fused-ring (bicyclic) bond motifs is 12. The lowest BCUT2D eigenvalue weighted by Crippen LogP contribution is -2.34. The Labute approximate surface area is 400 Å². The fourth-order valence-corrected chi connectivity index (χ4v) is 11.4. The number of aromatic nitrogens is 3. The molecule has 1 unspecified atom stereocenters. The van der Waals surface area contributed by atoms with Crippen LogP contribution < -0.4 is 4.74 Å². The van der Waals surface area contributed by atoms with Crippen molar-refractivity contribution in [2.45, 2.75) is 5.41 Å². The highest BCUT2D eigenvalue weighted by atomic mass is 16.5. The van der Waals surface area contributed by atoms with Gasteiger partial charge in [0, 0.05) is 44.2 Å². The maximum Gasteiger partial charge on any atom is 0.160 e. The summed E-state index contributed by atoms with van der Waals surface area (Å²) in [5.41, 5.74) is 19.4. The van der Waals surface area contributed by atoms with E-state index in [1.807, 2.05) is 36.4 Å². The molecule has 10 aromatic carbocycles. The van der Waals surface area contributed by atoms with Crippen molar-refractivity contribution in [1.29, 1.82) is 0 Å². The number of hydrogen-bond donors (Lipinski definition) is 0. The third-order valence-corrected chi connectivity index (χ3v) is 14.3. The number of benzene rings is 10. The van der Waals surface area contributed by atoms with Crippen molar-refractivity contribution in [2.24, 2.45) is 0 Å². The molecule has 322 valence electrons. The van der Waals surface area contributed by atoms with Crippen molar-refractivity contribution in [3.63, 3.8) is 0 Å². The van der Waals surface area contributed by atoms with Crippen LogP contribution in [0.3, 0.4) is 0 Å². The average Bonchev–Trinajstić information content (AvgIpc) is 3.92. The Balaban J connectivity index is 0.916. The van der Waals surface area contributed by atoms with Crippen LogP contribution in [0.15, 0.2) is 249 Å². The maximum atomic E-state index is 7.02. The van der Waals surface area contributed by atoms with E-state index in [9.17, 15) is 0 Å². The van der Waals surface area contributed by atoms with Crippen molar-refractivity contribution in [2.75, 3.05) is 0 Å². The molecule has 0 N–H and O–H groups in total. The van der Waals surface area contributed by atoms with Crippen molar-refractivity contribution >= 4 is 21.8 Å². The quantitative estimate of drug-likeness (QED) is 0.167. The molecule has 0 bridgehead atoms. The van der Waals surface area contributed by atoms with Gasteiger partial charge in [-0.05, 0) is 75.3 Å². The Morgan fingerprint density at radius 1 is 0.333 bits per heavy atom. The van der Waals surface area contributed by atoms with Crippen molar-refractivity contribution in [3.05, 3.63) is 271 Å². The van der Waals surface area contributed by atoms with Crippen LogP contribution in [0.4, 0.5) is 0 Å². The highest BCUT2D eigenvalue weighted by Gasteiger charge is 2.53. The van der Waals surface area contributed by atoms with Crippen LogP contribution in [0.1, 0.15) is 22.3 Å². The Morgan fingerprint density at radius 2 is 0.826 bits per heavy atom. The first kappa shape index (κ1) is 39.1. The molecule has 1 aliphatic heterocycles. The lowest BCUT2D eigenvalue weighted by molar-refractivity contribution is 0.437. The number of hydrogen-bond acceptors (Lipinski definition) is 3. The summed E-state index contributed by atoms with van der Waals surface area (Å²) in [7, 11) is 0. The van der Waals surface area contributed by atoms with Crippen LogP contribution in [0.5, 0.6) is 11.5 Å². The number of ether oxygens (including phenoxy) is 1. The summed E-state index contributed by atoms with van der Waals surface area (Å²) >= 11 is 0. The Kier molecular flexibility index (Phi) is 8.77. The van der Waals surface area contributed by atoms with Crippen LogP contribution >= 0.6 is 0 Å².